The summed E-state index contributed by atoms with van der Waals surface area (Å²) in [5, 5.41) is 11.2. The summed E-state index contributed by atoms with van der Waals surface area (Å²) >= 11 is 0. The van der Waals surface area contributed by atoms with E-state index >= 15 is 0 Å². The van der Waals surface area contributed by atoms with Crippen LogP contribution in [0.15, 0.2) is 78.6 Å². The van der Waals surface area contributed by atoms with Crippen molar-refractivity contribution in [1.29, 1.82) is 0 Å². The number of likely N-dealkylation sites (tertiary alicyclic amines) is 1. The van der Waals surface area contributed by atoms with Crippen LogP contribution in [0.1, 0.15) is 33.1 Å². The maximum atomic E-state index is 13.2. The first kappa shape index (κ1) is 22.7. The summed E-state index contributed by atoms with van der Waals surface area (Å²) in [6.07, 6.45) is 3.22. The Labute approximate surface area is 196 Å². The molecule has 1 fully saturated rings. The van der Waals surface area contributed by atoms with Gasteiger partial charge in [0.1, 0.15) is 11.5 Å². The Morgan fingerprint density at radius 2 is 1.79 bits per heavy atom. The monoisotopic (exact) mass is 458 g/mol. The molecule has 2 heterocycles. The molecule has 1 atom stereocenters. The Morgan fingerprint density at radius 3 is 2.44 bits per heavy atom. The fourth-order valence-corrected chi connectivity index (χ4v) is 3.92. The second kappa shape index (κ2) is 9.58. The Kier molecular flexibility index (Phi) is 6.40. The van der Waals surface area contributed by atoms with Crippen molar-refractivity contribution in [3.05, 3.63) is 101 Å². The van der Waals surface area contributed by atoms with Gasteiger partial charge < -0.3 is 19.5 Å². The number of hydrogen-bond donors (Lipinski definition) is 1. The van der Waals surface area contributed by atoms with Gasteiger partial charge in [0.2, 0.25) is 0 Å². The number of rotatable bonds is 6. The molecule has 1 aliphatic rings. The molecule has 0 saturated carbocycles. The minimum Gasteiger partial charge on any atom is -0.507 e. The average Bonchev–Trinajstić information content (AvgIpc) is 3.13. The average molecular weight is 458 g/mol. The van der Waals surface area contributed by atoms with E-state index in [1.165, 1.54) is 19.1 Å². The number of Topliss-reactive ketones (excluding diaryl/α,β-unsaturated/α-hetero) is 1. The zero-order valence-corrected chi connectivity index (χ0v) is 18.6. The summed E-state index contributed by atoms with van der Waals surface area (Å²) in [5.74, 6) is -1.87. The maximum absolute atomic E-state index is 13.2. The van der Waals surface area contributed by atoms with Crippen LogP contribution in [0, 0.1) is 0 Å². The van der Waals surface area contributed by atoms with Gasteiger partial charge in [-0.2, -0.15) is 0 Å². The summed E-state index contributed by atoms with van der Waals surface area (Å²) in [5.41, 5.74) is 1.90. The van der Waals surface area contributed by atoms with Crippen molar-refractivity contribution in [2.24, 2.45) is 0 Å². The normalized spacial score (nSPS) is 17.0. The van der Waals surface area contributed by atoms with Crippen LogP contribution in [-0.4, -0.2) is 46.9 Å². The van der Waals surface area contributed by atoms with E-state index < -0.39 is 23.7 Å². The smallest absolute Gasteiger partial charge is 0.337 e. The number of aliphatic hydroxyl groups excluding tert-OH is 1. The summed E-state index contributed by atoms with van der Waals surface area (Å²) in [6, 6.07) is 15.6. The number of nitrogens with zero attached hydrogens (tertiary/aromatic N) is 2. The molecule has 34 heavy (non-hydrogen) atoms. The SMILES string of the molecule is COC(=O)c1ccc([C@H]2/C(=C(\O)c3cccc(OC)c3)C(=O)C(=O)N2Cc2cccnc2)cc1. The number of aromatic nitrogens is 1. The van der Waals surface area contributed by atoms with Crippen LogP contribution in [0.3, 0.4) is 0 Å². The second-order valence-electron chi connectivity index (χ2n) is 7.63. The van der Waals surface area contributed by atoms with Crippen LogP contribution >= 0.6 is 0 Å². The van der Waals surface area contributed by atoms with Gasteiger partial charge in [0.25, 0.3) is 11.7 Å². The number of methoxy groups -OCH3 is 2. The topological polar surface area (TPSA) is 106 Å². The third-order valence-electron chi connectivity index (χ3n) is 5.61. The highest BCUT2D eigenvalue weighted by Crippen LogP contribution is 2.40. The quantitative estimate of drug-likeness (QED) is 0.261. The van der Waals surface area contributed by atoms with E-state index in [0.717, 1.165) is 5.56 Å². The number of carbonyl (C=O) groups excluding carboxylic acids is 3. The molecule has 1 aliphatic heterocycles. The third-order valence-corrected chi connectivity index (χ3v) is 5.61. The molecule has 0 aliphatic carbocycles. The number of ether oxygens (including phenoxy) is 2. The van der Waals surface area contributed by atoms with E-state index in [-0.39, 0.29) is 17.9 Å². The molecule has 1 saturated heterocycles. The van der Waals surface area contributed by atoms with E-state index in [0.29, 0.717) is 22.4 Å². The van der Waals surface area contributed by atoms with E-state index in [1.54, 1.807) is 73.1 Å². The molecule has 8 nitrogen and oxygen atoms in total. The predicted octanol–water partition coefficient (Wildman–Crippen LogP) is 3.50. The zero-order valence-electron chi connectivity index (χ0n) is 18.6. The standard InChI is InChI=1S/C26H22N2O6/c1-33-20-7-3-6-19(13-20)23(29)21-22(17-8-10-18(11-9-17)26(32)34-2)28(25(31)24(21)30)15-16-5-4-12-27-14-16/h3-14,22,29H,15H2,1-2H3/b23-21+/t22-/m0/s1. The fourth-order valence-electron chi connectivity index (χ4n) is 3.92. The van der Waals surface area contributed by atoms with E-state index in [4.69, 9.17) is 9.47 Å². The lowest BCUT2D eigenvalue weighted by atomic mass is 9.94. The van der Waals surface area contributed by atoms with Gasteiger partial charge in [-0.25, -0.2) is 4.79 Å². The number of pyridine rings is 1. The third kappa shape index (κ3) is 4.25. The van der Waals surface area contributed by atoms with Gasteiger partial charge in [-0.3, -0.25) is 14.6 Å². The molecule has 0 radical (unpaired) electrons. The lowest BCUT2D eigenvalue weighted by molar-refractivity contribution is -0.140. The largest absolute Gasteiger partial charge is 0.507 e. The Bertz CT molecular complexity index is 1270. The molecule has 2 aromatic carbocycles. The van der Waals surface area contributed by atoms with Crippen LogP contribution in [0.25, 0.3) is 5.76 Å². The molecule has 1 N–H and O–H groups in total. The number of ketones is 1. The van der Waals surface area contributed by atoms with Crippen LogP contribution < -0.4 is 4.74 Å². The number of aliphatic hydroxyl groups is 1. The van der Waals surface area contributed by atoms with Crippen molar-refractivity contribution in [2.45, 2.75) is 12.6 Å². The molecule has 0 bridgehead atoms. The zero-order chi connectivity index (χ0) is 24.2. The molecule has 8 heteroatoms. The first-order chi connectivity index (χ1) is 16.4. The van der Waals surface area contributed by atoms with Crippen molar-refractivity contribution in [3.63, 3.8) is 0 Å². The lowest BCUT2D eigenvalue weighted by Crippen LogP contribution is -2.29. The molecule has 4 rings (SSSR count). The summed E-state index contributed by atoms with van der Waals surface area (Å²) in [7, 11) is 2.78. The van der Waals surface area contributed by atoms with Gasteiger partial charge in [0.05, 0.1) is 31.4 Å². The number of benzene rings is 2. The van der Waals surface area contributed by atoms with Crippen molar-refractivity contribution in [1.82, 2.24) is 9.88 Å². The lowest BCUT2D eigenvalue weighted by Gasteiger charge is -2.25. The van der Waals surface area contributed by atoms with Crippen LogP contribution in [0.5, 0.6) is 5.75 Å². The van der Waals surface area contributed by atoms with Crippen molar-refractivity contribution in [2.75, 3.05) is 14.2 Å². The number of hydrogen-bond acceptors (Lipinski definition) is 7. The van der Waals surface area contributed by atoms with Crippen LogP contribution in [0.2, 0.25) is 0 Å². The van der Waals surface area contributed by atoms with Gasteiger partial charge in [-0.15, -0.1) is 0 Å². The molecule has 1 amide bonds. The highest BCUT2D eigenvalue weighted by Gasteiger charge is 2.46. The predicted molar refractivity (Wildman–Crippen MR) is 123 cm³/mol. The summed E-state index contributed by atoms with van der Waals surface area (Å²) < 4.78 is 9.98. The molecule has 3 aromatic rings. The molecular formula is C26H22N2O6. The highest BCUT2D eigenvalue weighted by molar-refractivity contribution is 6.46. The van der Waals surface area contributed by atoms with Gasteiger partial charge >= 0.3 is 5.97 Å². The number of amides is 1. The Hall–Kier alpha value is -4.46. The van der Waals surface area contributed by atoms with Gasteiger partial charge in [0.15, 0.2) is 0 Å². The first-order valence-corrected chi connectivity index (χ1v) is 10.4. The van der Waals surface area contributed by atoms with E-state index in [1.807, 2.05) is 0 Å². The molecule has 172 valence electrons. The molecule has 0 spiro atoms. The maximum Gasteiger partial charge on any atom is 0.337 e. The van der Waals surface area contributed by atoms with Crippen molar-refractivity contribution < 1.29 is 29.0 Å². The van der Waals surface area contributed by atoms with Gasteiger partial charge in [0, 0.05) is 24.5 Å². The fraction of sp³-hybridized carbons (Fsp3) is 0.154. The molecule has 1 aromatic heterocycles. The number of carbonyl (C=O) groups is 3. The summed E-state index contributed by atoms with van der Waals surface area (Å²) in [6.45, 7) is 0.108. The highest BCUT2D eigenvalue weighted by atomic mass is 16.5. The molecular weight excluding hydrogens is 436 g/mol. The Balaban J connectivity index is 1.85. The van der Waals surface area contributed by atoms with Crippen molar-refractivity contribution >= 4 is 23.4 Å². The Morgan fingerprint density at radius 1 is 1.03 bits per heavy atom. The van der Waals surface area contributed by atoms with Crippen LogP contribution in [-0.2, 0) is 20.9 Å². The number of esters is 1. The van der Waals surface area contributed by atoms with E-state index in [2.05, 4.69) is 4.98 Å². The van der Waals surface area contributed by atoms with Gasteiger partial charge in [-0.05, 0) is 41.5 Å². The molecule has 0 unspecified atom stereocenters. The van der Waals surface area contributed by atoms with E-state index in [9.17, 15) is 19.5 Å². The first-order valence-electron chi connectivity index (χ1n) is 10.4. The second-order valence-corrected chi connectivity index (χ2v) is 7.63. The summed E-state index contributed by atoms with van der Waals surface area (Å²) in [4.78, 5) is 43.6. The minimum absolute atomic E-state index is 0.0482. The van der Waals surface area contributed by atoms with Gasteiger partial charge in [-0.1, -0.05) is 30.3 Å². The minimum atomic E-state index is -0.877. The van der Waals surface area contributed by atoms with Crippen LogP contribution in [0.4, 0.5) is 0 Å². The van der Waals surface area contributed by atoms with Crippen molar-refractivity contribution in [3.8, 4) is 5.75 Å².